The zero-order chi connectivity index (χ0) is 12.5. The number of benzene rings is 1. The fourth-order valence-electron chi connectivity index (χ4n) is 1.91. The minimum absolute atomic E-state index is 0.268. The molecule has 0 fully saturated rings. The number of aromatic nitrogens is 3. The monoisotopic (exact) mass is 240 g/mol. The van der Waals surface area contributed by atoms with Crippen molar-refractivity contribution in [2.24, 2.45) is 0 Å². The number of nitrogen functional groups attached to an aromatic ring is 1. The van der Waals surface area contributed by atoms with Crippen LogP contribution in [0.5, 0.6) is 5.75 Å². The van der Waals surface area contributed by atoms with Crippen LogP contribution >= 0.6 is 0 Å². The summed E-state index contributed by atoms with van der Waals surface area (Å²) in [5.74, 6) is 1.04. The van der Waals surface area contributed by atoms with Crippen LogP contribution in [0.2, 0.25) is 0 Å². The van der Waals surface area contributed by atoms with Gasteiger partial charge in [0, 0.05) is 29.9 Å². The highest BCUT2D eigenvalue weighted by molar-refractivity contribution is 5.51. The maximum atomic E-state index is 9.75. The molecule has 1 aromatic carbocycles. The van der Waals surface area contributed by atoms with Gasteiger partial charge in [-0.25, -0.2) is 0 Å². The Balaban J connectivity index is 2.03. The van der Waals surface area contributed by atoms with Gasteiger partial charge in [0.25, 0.3) is 0 Å². The number of hydrogen-bond donors (Lipinski definition) is 2. The standard InChI is InChI=1S/C13H12N4O/c14-10-5-6-17-12(15-16-13(17)8-10)7-9-3-1-2-4-11(9)18/h1-6,8,18H,7,14H2. The molecule has 5 heteroatoms. The third-order valence-electron chi connectivity index (χ3n) is 2.84. The fraction of sp³-hybridized carbons (Fsp3) is 0.0769. The number of pyridine rings is 1. The molecule has 3 N–H and O–H groups in total. The van der Waals surface area contributed by atoms with Crippen molar-refractivity contribution in [3.05, 3.63) is 54.0 Å². The fourth-order valence-corrected chi connectivity index (χ4v) is 1.91. The quantitative estimate of drug-likeness (QED) is 0.713. The first-order valence-electron chi connectivity index (χ1n) is 5.60. The normalized spacial score (nSPS) is 10.9. The van der Waals surface area contributed by atoms with Crippen molar-refractivity contribution in [3.63, 3.8) is 0 Å². The summed E-state index contributed by atoms with van der Waals surface area (Å²) in [6, 6.07) is 10.8. The lowest BCUT2D eigenvalue weighted by molar-refractivity contribution is 0.469. The number of nitrogens with zero attached hydrogens (tertiary/aromatic N) is 3. The van der Waals surface area contributed by atoms with Crippen LogP contribution < -0.4 is 5.73 Å². The highest BCUT2D eigenvalue weighted by Crippen LogP contribution is 2.19. The molecule has 0 spiro atoms. The van der Waals surface area contributed by atoms with Gasteiger partial charge in [0.2, 0.25) is 0 Å². The molecule has 2 aromatic heterocycles. The number of nitrogens with two attached hydrogens (primary N) is 1. The molecule has 0 bridgehead atoms. The molecule has 0 radical (unpaired) electrons. The van der Waals surface area contributed by atoms with E-state index in [0.717, 1.165) is 11.4 Å². The molecule has 0 aliphatic rings. The number of fused-ring (bicyclic) bond motifs is 1. The first-order valence-corrected chi connectivity index (χ1v) is 5.60. The molecule has 0 atom stereocenters. The highest BCUT2D eigenvalue weighted by Gasteiger charge is 2.08. The molecule has 90 valence electrons. The van der Waals surface area contributed by atoms with E-state index >= 15 is 0 Å². The molecular formula is C13H12N4O. The van der Waals surface area contributed by atoms with Gasteiger partial charge in [-0.1, -0.05) is 18.2 Å². The Morgan fingerprint density at radius 2 is 2.00 bits per heavy atom. The van der Waals surface area contributed by atoms with Gasteiger partial charge in [-0.15, -0.1) is 10.2 Å². The van der Waals surface area contributed by atoms with E-state index in [1.165, 1.54) is 0 Å². The van der Waals surface area contributed by atoms with Crippen LogP contribution in [0.1, 0.15) is 11.4 Å². The second-order valence-electron chi connectivity index (χ2n) is 4.11. The lowest BCUT2D eigenvalue weighted by Gasteiger charge is -2.03. The van der Waals surface area contributed by atoms with Gasteiger partial charge in [0.15, 0.2) is 5.65 Å². The van der Waals surface area contributed by atoms with Gasteiger partial charge in [-0.05, 0) is 12.1 Å². The van der Waals surface area contributed by atoms with Crippen molar-refractivity contribution >= 4 is 11.3 Å². The summed E-state index contributed by atoms with van der Waals surface area (Å²) < 4.78 is 1.86. The summed E-state index contributed by atoms with van der Waals surface area (Å²) in [6.07, 6.45) is 2.36. The van der Waals surface area contributed by atoms with Crippen LogP contribution in [0.25, 0.3) is 5.65 Å². The highest BCUT2D eigenvalue weighted by atomic mass is 16.3. The predicted octanol–water partition coefficient (Wildman–Crippen LogP) is 1.61. The van der Waals surface area contributed by atoms with Crippen LogP contribution in [0, 0.1) is 0 Å². The molecule has 3 rings (SSSR count). The molecule has 0 saturated carbocycles. The molecule has 0 aliphatic heterocycles. The maximum absolute atomic E-state index is 9.75. The molecule has 5 nitrogen and oxygen atoms in total. The maximum Gasteiger partial charge on any atom is 0.162 e. The van der Waals surface area contributed by atoms with E-state index in [1.807, 2.05) is 22.7 Å². The van der Waals surface area contributed by atoms with E-state index in [0.29, 0.717) is 17.8 Å². The van der Waals surface area contributed by atoms with E-state index in [4.69, 9.17) is 5.73 Å². The molecule has 18 heavy (non-hydrogen) atoms. The topological polar surface area (TPSA) is 76.4 Å². The summed E-state index contributed by atoms with van der Waals surface area (Å²) in [4.78, 5) is 0. The Hall–Kier alpha value is -2.56. The van der Waals surface area contributed by atoms with Crippen LogP contribution in [0.15, 0.2) is 42.6 Å². The van der Waals surface area contributed by atoms with Crippen LogP contribution in [0.3, 0.4) is 0 Å². The number of anilines is 1. The predicted molar refractivity (Wildman–Crippen MR) is 68.3 cm³/mol. The van der Waals surface area contributed by atoms with Crippen molar-refractivity contribution in [2.45, 2.75) is 6.42 Å². The van der Waals surface area contributed by atoms with Crippen LogP contribution in [0.4, 0.5) is 5.69 Å². The summed E-state index contributed by atoms with van der Waals surface area (Å²) in [7, 11) is 0. The lowest BCUT2D eigenvalue weighted by Crippen LogP contribution is -1.97. The number of phenolic OH excluding ortho intramolecular Hbond substituents is 1. The van der Waals surface area contributed by atoms with Gasteiger partial charge in [-0.3, -0.25) is 4.40 Å². The van der Waals surface area contributed by atoms with Gasteiger partial charge < -0.3 is 10.8 Å². The average molecular weight is 240 g/mol. The Bertz CT molecular complexity index is 705. The summed E-state index contributed by atoms with van der Waals surface area (Å²) >= 11 is 0. The number of para-hydroxylation sites is 1. The molecule has 3 aromatic rings. The smallest absolute Gasteiger partial charge is 0.162 e. The van der Waals surface area contributed by atoms with E-state index in [9.17, 15) is 5.11 Å². The van der Waals surface area contributed by atoms with Crippen LogP contribution in [-0.2, 0) is 6.42 Å². The zero-order valence-corrected chi connectivity index (χ0v) is 9.61. The molecule has 0 saturated heterocycles. The molecule has 0 amide bonds. The van der Waals surface area contributed by atoms with E-state index in [2.05, 4.69) is 10.2 Å². The Morgan fingerprint density at radius 1 is 1.17 bits per heavy atom. The first kappa shape index (κ1) is 10.6. The second kappa shape index (κ2) is 4.03. The summed E-state index contributed by atoms with van der Waals surface area (Å²) in [5.41, 5.74) is 7.88. The van der Waals surface area contributed by atoms with Crippen molar-refractivity contribution in [1.82, 2.24) is 14.6 Å². The minimum Gasteiger partial charge on any atom is -0.508 e. The van der Waals surface area contributed by atoms with E-state index in [1.54, 1.807) is 24.3 Å². The number of phenols is 1. The lowest BCUT2D eigenvalue weighted by atomic mass is 10.1. The summed E-state index contributed by atoms with van der Waals surface area (Å²) in [6.45, 7) is 0. The molecular weight excluding hydrogens is 228 g/mol. The van der Waals surface area contributed by atoms with Crippen molar-refractivity contribution in [2.75, 3.05) is 5.73 Å². The number of aromatic hydroxyl groups is 1. The number of rotatable bonds is 2. The van der Waals surface area contributed by atoms with Crippen molar-refractivity contribution < 1.29 is 5.11 Å². The molecule has 0 aliphatic carbocycles. The van der Waals surface area contributed by atoms with Gasteiger partial charge in [0.05, 0.1) is 0 Å². The van der Waals surface area contributed by atoms with E-state index in [-0.39, 0.29) is 5.75 Å². The zero-order valence-electron chi connectivity index (χ0n) is 9.61. The summed E-state index contributed by atoms with van der Waals surface area (Å²) in [5, 5.41) is 17.9. The van der Waals surface area contributed by atoms with Gasteiger partial charge >= 0.3 is 0 Å². The first-order chi connectivity index (χ1) is 8.74. The van der Waals surface area contributed by atoms with E-state index < -0.39 is 0 Å². The van der Waals surface area contributed by atoms with Gasteiger partial charge in [-0.2, -0.15) is 0 Å². The van der Waals surface area contributed by atoms with Gasteiger partial charge in [0.1, 0.15) is 11.6 Å². The van der Waals surface area contributed by atoms with Crippen molar-refractivity contribution in [1.29, 1.82) is 0 Å². The molecule has 2 heterocycles. The Kier molecular flexibility index (Phi) is 2.37. The van der Waals surface area contributed by atoms with Crippen molar-refractivity contribution in [3.8, 4) is 5.75 Å². The third kappa shape index (κ3) is 1.75. The number of hydrogen-bond acceptors (Lipinski definition) is 4. The average Bonchev–Trinajstić information content (AvgIpc) is 2.74. The largest absolute Gasteiger partial charge is 0.508 e. The molecule has 0 unspecified atom stereocenters. The Morgan fingerprint density at radius 3 is 2.83 bits per heavy atom. The third-order valence-corrected chi connectivity index (χ3v) is 2.84. The second-order valence-corrected chi connectivity index (χ2v) is 4.11. The SMILES string of the molecule is Nc1ccn2c(Cc3ccccc3O)nnc2c1. The minimum atomic E-state index is 0.268. The van der Waals surface area contributed by atoms with Crippen LogP contribution in [-0.4, -0.2) is 19.7 Å². The Labute approximate surface area is 104 Å².